The summed E-state index contributed by atoms with van der Waals surface area (Å²) in [6, 6.07) is 8.94. The zero-order valence-corrected chi connectivity index (χ0v) is 14.9. The maximum atomic E-state index is 13.3. The lowest BCUT2D eigenvalue weighted by Crippen LogP contribution is -2.46. The number of aromatic nitrogens is 2. The quantitative estimate of drug-likeness (QED) is 0.831. The third-order valence-corrected chi connectivity index (χ3v) is 4.96. The first-order valence-corrected chi connectivity index (χ1v) is 9.14. The molecule has 2 aliphatic heterocycles. The number of piperazine rings is 1. The van der Waals surface area contributed by atoms with E-state index in [0.29, 0.717) is 0 Å². The molecular weight excluding hydrogens is 333 g/mol. The smallest absolute Gasteiger partial charge is 0.134 e. The van der Waals surface area contributed by atoms with Crippen LogP contribution in [0.5, 0.6) is 0 Å². The van der Waals surface area contributed by atoms with Crippen molar-refractivity contribution in [2.24, 2.45) is 0 Å². The van der Waals surface area contributed by atoms with Crippen LogP contribution in [0.15, 0.2) is 36.7 Å². The Bertz CT molecular complexity index is 729. The van der Waals surface area contributed by atoms with E-state index in [4.69, 9.17) is 4.74 Å². The van der Waals surface area contributed by atoms with Crippen LogP contribution < -0.4 is 9.80 Å². The third-order valence-electron chi connectivity index (χ3n) is 4.96. The minimum Gasteiger partial charge on any atom is -0.378 e. The van der Waals surface area contributed by atoms with E-state index in [1.807, 2.05) is 6.07 Å². The lowest BCUT2D eigenvalue weighted by molar-refractivity contribution is 0.122. The molecule has 2 fully saturated rings. The molecular formula is C19H24FN5O. The maximum Gasteiger partial charge on any atom is 0.134 e. The van der Waals surface area contributed by atoms with Crippen LogP contribution >= 0.6 is 0 Å². The summed E-state index contributed by atoms with van der Waals surface area (Å²) in [5.41, 5.74) is 1.02. The number of rotatable bonds is 4. The fourth-order valence-electron chi connectivity index (χ4n) is 3.50. The van der Waals surface area contributed by atoms with Crippen molar-refractivity contribution in [3.8, 4) is 0 Å². The van der Waals surface area contributed by atoms with Gasteiger partial charge in [0.15, 0.2) is 0 Å². The second-order valence-corrected chi connectivity index (χ2v) is 6.73. The average Bonchev–Trinajstić information content (AvgIpc) is 2.69. The Balaban J connectivity index is 1.35. The summed E-state index contributed by atoms with van der Waals surface area (Å²) in [4.78, 5) is 15.8. The van der Waals surface area contributed by atoms with Crippen molar-refractivity contribution in [3.05, 3.63) is 48.0 Å². The zero-order chi connectivity index (χ0) is 17.8. The Morgan fingerprint density at radius 2 is 1.58 bits per heavy atom. The Hall–Kier alpha value is -2.25. The normalized spacial score (nSPS) is 19.0. The van der Waals surface area contributed by atoms with Crippen LogP contribution in [0.1, 0.15) is 5.56 Å². The van der Waals surface area contributed by atoms with E-state index in [1.165, 1.54) is 6.07 Å². The molecule has 1 aromatic heterocycles. The standard InChI is InChI=1S/C19H24FN5O/c20-17-3-1-2-16(12-17)14-23-4-6-24(7-5-23)18-13-19(22-15-21-18)25-8-10-26-11-9-25/h1-3,12-13,15H,4-11,14H2. The average molecular weight is 357 g/mol. The Morgan fingerprint density at radius 3 is 2.27 bits per heavy atom. The number of hydrogen-bond donors (Lipinski definition) is 0. The molecule has 0 aliphatic carbocycles. The van der Waals surface area contributed by atoms with Gasteiger partial charge < -0.3 is 14.5 Å². The van der Waals surface area contributed by atoms with Crippen molar-refractivity contribution in [3.63, 3.8) is 0 Å². The molecule has 0 N–H and O–H groups in total. The van der Waals surface area contributed by atoms with Crippen molar-refractivity contribution in [2.45, 2.75) is 6.54 Å². The molecule has 0 amide bonds. The fraction of sp³-hybridized carbons (Fsp3) is 0.474. The van der Waals surface area contributed by atoms with E-state index in [-0.39, 0.29) is 5.82 Å². The third kappa shape index (κ3) is 4.11. The van der Waals surface area contributed by atoms with E-state index in [2.05, 4.69) is 30.7 Å². The number of halogens is 1. The van der Waals surface area contributed by atoms with Crippen LogP contribution in [0.3, 0.4) is 0 Å². The Kier molecular flexibility index (Phi) is 5.26. The monoisotopic (exact) mass is 357 g/mol. The molecule has 0 radical (unpaired) electrons. The Morgan fingerprint density at radius 1 is 0.885 bits per heavy atom. The summed E-state index contributed by atoms with van der Waals surface area (Å²) >= 11 is 0. The minimum absolute atomic E-state index is 0.169. The molecule has 0 unspecified atom stereocenters. The second-order valence-electron chi connectivity index (χ2n) is 6.73. The van der Waals surface area contributed by atoms with Gasteiger partial charge >= 0.3 is 0 Å². The van der Waals surface area contributed by atoms with Crippen molar-refractivity contribution < 1.29 is 9.13 Å². The van der Waals surface area contributed by atoms with Gasteiger partial charge in [-0.15, -0.1) is 0 Å². The largest absolute Gasteiger partial charge is 0.378 e. The molecule has 7 heteroatoms. The first-order chi connectivity index (χ1) is 12.8. The molecule has 1 aromatic carbocycles. The van der Waals surface area contributed by atoms with Gasteiger partial charge in [-0.1, -0.05) is 12.1 Å². The van der Waals surface area contributed by atoms with E-state index >= 15 is 0 Å². The summed E-state index contributed by atoms with van der Waals surface area (Å²) in [6.45, 7) is 7.73. The zero-order valence-electron chi connectivity index (χ0n) is 14.9. The summed E-state index contributed by atoms with van der Waals surface area (Å²) in [5, 5.41) is 0. The van der Waals surface area contributed by atoms with Gasteiger partial charge in [0.2, 0.25) is 0 Å². The lowest BCUT2D eigenvalue weighted by atomic mass is 10.2. The van der Waals surface area contributed by atoms with Crippen LogP contribution in [0.2, 0.25) is 0 Å². The first-order valence-electron chi connectivity index (χ1n) is 9.14. The van der Waals surface area contributed by atoms with Crippen LogP contribution in [0.25, 0.3) is 0 Å². The predicted molar refractivity (Wildman–Crippen MR) is 99.0 cm³/mol. The summed E-state index contributed by atoms with van der Waals surface area (Å²) in [7, 11) is 0. The van der Waals surface area contributed by atoms with Crippen molar-refractivity contribution in [1.82, 2.24) is 14.9 Å². The van der Waals surface area contributed by atoms with Gasteiger partial charge in [-0.3, -0.25) is 4.90 Å². The van der Waals surface area contributed by atoms with Crippen LogP contribution in [0, 0.1) is 5.82 Å². The van der Waals surface area contributed by atoms with E-state index < -0.39 is 0 Å². The van der Waals surface area contributed by atoms with Gasteiger partial charge in [0.05, 0.1) is 13.2 Å². The highest BCUT2D eigenvalue weighted by Crippen LogP contribution is 2.20. The van der Waals surface area contributed by atoms with Gasteiger partial charge in [0, 0.05) is 51.9 Å². The Labute approximate surface area is 153 Å². The molecule has 0 atom stereocenters. The topological polar surface area (TPSA) is 44.7 Å². The highest BCUT2D eigenvalue weighted by Gasteiger charge is 2.20. The SMILES string of the molecule is Fc1cccc(CN2CCN(c3cc(N4CCOCC4)ncn3)CC2)c1. The fourth-order valence-corrected chi connectivity index (χ4v) is 3.50. The molecule has 0 bridgehead atoms. The van der Waals surface area contributed by atoms with Gasteiger partial charge in [0.1, 0.15) is 23.8 Å². The van der Waals surface area contributed by atoms with Gasteiger partial charge in [-0.2, -0.15) is 0 Å². The molecule has 26 heavy (non-hydrogen) atoms. The lowest BCUT2D eigenvalue weighted by Gasteiger charge is -2.36. The molecule has 0 saturated carbocycles. The highest BCUT2D eigenvalue weighted by atomic mass is 19.1. The van der Waals surface area contributed by atoms with Gasteiger partial charge in [-0.25, -0.2) is 14.4 Å². The second kappa shape index (κ2) is 7.97. The number of morpholine rings is 1. The number of nitrogens with zero attached hydrogens (tertiary/aromatic N) is 5. The molecule has 2 aliphatic rings. The number of benzene rings is 1. The van der Waals surface area contributed by atoms with Crippen LogP contribution in [-0.4, -0.2) is 67.4 Å². The first kappa shape index (κ1) is 17.2. The molecule has 0 spiro atoms. The summed E-state index contributed by atoms with van der Waals surface area (Å²) < 4.78 is 18.8. The van der Waals surface area contributed by atoms with Crippen molar-refractivity contribution in [1.29, 1.82) is 0 Å². The van der Waals surface area contributed by atoms with E-state index in [9.17, 15) is 4.39 Å². The molecule has 138 valence electrons. The molecule has 2 saturated heterocycles. The van der Waals surface area contributed by atoms with E-state index in [0.717, 1.165) is 76.2 Å². The van der Waals surface area contributed by atoms with Crippen molar-refractivity contribution in [2.75, 3.05) is 62.3 Å². The van der Waals surface area contributed by atoms with E-state index in [1.54, 1.807) is 18.5 Å². The number of hydrogen-bond acceptors (Lipinski definition) is 6. The molecule has 3 heterocycles. The minimum atomic E-state index is -0.169. The van der Waals surface area contributed by atoms with Gasteiger partial charge in [0.25, 0.3) is 0 Å². The summed E-state index contributed by atoms with van der Waals surface area (Å²) in [5.74, 6) is 1.78. The molecule has 6 nitrogen and oxygen atoms in total. The van der Waals surface area contributed by atoms with Crippen LogP contribution in [0.4, 0.5) is 16.0 Å². The molecule has 2 aromatic rings. The molecule has 4 rings (SSSR count). The highest BCUT2D eigenvalue weighted by molar-refractivity contribution is 5.50. The summed E-state index contributed by atoms with van der Waals surface area (Å²) in [6.07, 6.45) is 1.65. The van der Waals surface area contributed by atoms with Crippen LogP contribution in [-0.2, 0) is 11.3 Å². The maximum absolute atomic E-state index is 13.3. The number of anilines is 2. The van der Waals surface area contributed by atoms with Crippen molar-refractivity contribution >= 4 is 11.6 Å². The number of ether oxygens (including phenoxy) is 1. The predicted octanol–water partition coefficient (Wildman–Crippen LogP) is 1.77. The van der Waals surface area contributed by atoms with Gasteiger partial charge in [-0.05, 0) is 17.7 Å².